The molecule has 0 aromatic heterocycles. The fraction of sp³-hybridized carbons (Fsp3) is 0.533. The van der Waals surface area contributed by atoms with E-state index < -0.39 is 9.05 Å². The van der Waals surface area contributed by atoms with Crippen molar-refractivity contribution in [2.24, 2.45) is 0 Å². The summed E-state index contributed by atoms with van der Waals surface area (Å²) < 4.78 is 23.1. The van der Waals surface area contributed by atoms with E-state index in [-0.39, 0.29) is 16.8 Å². The van der Waals surface area contributed by atoms with Crippen LogP contribution >= 0.6 is 10.7 Å². The van der Waals surface area contributed by atoms with Crippen LogP contribution in [0.3, 0.4) is 0 Å². The predicted molar refractivity (Wildman–Crippen MR) is 83.3 cm³/mol. The minimum absolute atomic E-state index is 0.0136. The Morgan fingerprint density at radius 1 is 1.29 bits per heavy atom. The fourth-order valence-corrected chi connectivity index (χ4v) is 3.59. The number of benzene rings is 1. The molecule has 1 aliphatic rings. The van der Waals surface area contributed by atoms with Crippen LogP contribution in [0.5, 0.6) is 0 Å². The van der Waals surface area contributed by atoms with E-state index in [1.807, 2.05) is 18.7 Å². The highest BCUT2D eigenvalue weighted by Crippen LogP contribution is 2.26. The van der Waals surface area contributed by atoms with Gasteiger partial charge in [-0.25, -0.2) is 8.42 Å². The molecule has 1 unspecified atom stereocenters. The number of carbonyl (C=O) groups is 1. The van der Waals surface area contributed by atoms with Gasteiger partial charge in [0.2, 0.25) is 0 Å². The summed E-state index contributed by atoms with van der Waals surface area (Å²) in [6.07, 6.45) is 3.10. The van der Waals surface area contributed by atoms with Crippen molar-refractivity contribution >= 4 is 25.6 Å². The van der Waals surface area contributed by atoms with E-state index in [1.54, 1.807) is 6.92 Å². The van der Waals surface area contributed by atoms with Crippen LogP contribution in [0.1, 0.15) is 47.7 Å². The van der Waals surface area contributed by atoms with E-state index in [9.17, 15) is 13.2 Å². The first-order valence-electron chi connectivity index (χ1n) is 7.08. The number of likely N-dealkylation sites (tertiary alicyclic amines) is 1. The maximum absolute atomic E-state index is 12.8. The van der Waals surface area contributed by atoms with Crippen LogP contribution in [0.25, 0.3) is 0 Å². The minimum Gasteiger partial charge on any atom is -0.336 e. The number of amides is 1. The lowest BCUT2D eigenvalue weighted by Crippen LogP contribution is -2.42. The maximum atomic E-state index is 12.8. The van der Waals surface area contributed by atoms with Gasteiger partial charge in [0.15, 0.2) is 0 Å². The number of hydrogen-bond acceptors (Lipinski definition) is 3. The maximum Gasteiger partial charge on any atom is 0.261 e. The second kappa shape index (κ2) is 5.97. The Morgan fingerprint density at radius 2 is 1.95 bits per heavy atom. The molecule has 1 aromatic carbocycles. The number of aryl methyl sites for hydroxylation is 1. The highest BCUT2D eigenvalue weighted by atomic mass is 35.7. The molecule has 1 fully saturated rings. The molecule has 0 bridgehead atoms. The van der Waals surface area contributed by atoms with Gasteiger partial charge >= 0.3 is 0 Å². The van der Waals surface area contributed by atoms with Gasteiger partial charge in [-0.15, -0.1) is 0 Å². The van der Waals surface area contributed by atoms with Gasteiger partial charge < -0.3 is 4.90 Å². The number of rotatable bonds is 2. The molecule has 1 aliphatic heterocycles. The Morgan fingerprint density at radius 3 is 2.52 bits per heavy atom. The van der Waals surface area contributed by atoms with E-state index in [0.29, 0.717) is 5.56 Å². The van der Waals surface area contributed by atoms with Crippen molar-refractivity contribution in [1.29, 1.82) is 0 Å². The summed E-state index contributed by atoms with van der Waals surface area (Å²) in [5.74, 6) is -0.107. The van der Waals surface area contributed by atoms with Gasteiger partial charge in [-0.05, 0) is 63.3 Å². The van der Waals surface area contributed by atoms with Crippen molar-refractivity contribution in [2.75, 3.05) is 6.54 Å². The molecule has 21 heavy (non-hydrogen) atoms. The van der Waals surface area contributed by atoms with Crippen molar-refractivity contribution in [3.8, 4) is 0 Å². The van der Waals surface area contributed by atoms with Crippen molar-refractivity contribution in [3.63, 3.8) is 0 Å². The highest BCUT2D eigenvalue weighted by molar-refractivity contribution is 8.13. The summed E-state index contributed by atoms with van der Waals surface area (Å²) >= 11 is 0. The van der Waals surface area contributed by atoms with Crippen molar-refractivity contribution in [3.05, 3.63) is 28.8 Å². The van der Waals surface area contributed by atoms with Gasteiger partial charge in [0, 0.05) is 28.8 Å². The van der Waals surface area contributed by atoms with Crippen LogP contribution in [0, 0.1) is 13.8 Å². The number of halogens is 1. The average molecular weight is 330 g/mol. The standard InChI is InChI=1S/C15H20ClNO3S/c1-10-8-13(21(16,19)20)9-14(12(10)3)15(18)17-7-5-4-6-11(17)2/h8-9,11H,4-7H2,1-3H3. The van der Waals surface area contributed by atoms with Crippen molar-refractivity contribution < 1.29 is 13.2 Å². The van der Waals surface area contributed by atoms with Gasteiger partial charge in [0.1, 0.15) is 0 Å². The second-order valence-electron chi connectivity index (χ2n) is 5.69. The first kappa shape index (κ1) is 16.3. The number of hydrogen-bond donors (Lipinski definition) is 0. The van der Waals surface area contributed by atoms with E-state index in [2.05, 4.69) is 0 Å². The molecule has 0 saturated carbocycles. The largest absolute Gasteiger partial charge is 0.336 e. The normalized spacial score (nSPS) is 19.6. The van der Waals surface area contributed by atoms with Crippen molar-refractivity contribution in [1.82, 2.24) is 4.90 Å². The molecular formula is C15H20ClNO3S. The summed E-state index contributed by atoms with van der Waals surface area (Å²) in [4.78, 5) is 14.6. The molecule has 2 rings (SSSR count). The van der Waals surface area contributed by atoms with Crippen LogP contribution in [-0.2, 0) is 9.05 Å². The molecule has 0 spiro atoms. The lowest BCUT2D eigenvalue weighted by atomic mass is 9.98. The zero-order valence-corrected chi connectivity index (χ0v) is 14.1. The molecule has 1 heterocycles. The van der Waals surface area contributed by atoms with E-state index >= 15 is 0 Å². The molecule has 1 saturated heterocycles. The third-order valence-electron chi connectivity index (χ3n) is 4.22. The monoisotopic (exact) mass is 329 g/mol. The molecule has 116 valence electrons. The second-order valence-corrected chi connectivity index (χ2v) is 8.26. The predicted octanol–water partition coefficient (Wildman–Crippen LogP) is 3.25. The van der Waals surface area contributed by atoms with Gasteiger partial charge in [-0.1, -0.05) is 0 Å². The third kappa shape index (κ3) is 3.40. The van der Waals surface area contributed by atoms with E-state index in [1.165, 1.54) is 12.1 Å². The fourth-order valence-electron chi connectivity index (χ4n) is 2.74. The Labute approximate surface area is 130 Å². The third-order valence-corrected chi connectivity index (χ3v) is 5.55. The van der Waals surface area contributed by atoms with E-state index in [4.69, 9.17) is 10.7 Å². The summed E-state index contributed by atoms with van der Waals surface area (Å²) in [5.41, 5.74) is 1.99. The minimum atomic E-state index is -3.84. The molecule has 0 radical (unpaired) electrons. The number of nitrogens with zero attached hydrogens (tertiary/aromatic N) is 1. The molecule has 6 heteroatoms. The van der Waals surface area contributed by atoms with Crippen LogP contribution < -0.4 is 0 Å². The summed E-state index contributed by atoms with van der Waals surface area (Å²) in [5, 5.41) is 0. The lowest BCUT2D eigenvalue weighted by Gasteiger charge is -2.34. The van der Waals surface area contributed by atoms with Crippen LogP contribution in [0.4, 0.5) is 0 Å². The van der Waals surface area contributed by atoms with Gasteiger partial charge in [-0.2, -0.15) is 0 Å². The Hall–Kier alpha value is -1.07. The molecule has 1 amide bonds. The van der Waals surface area contributed by atoms with Gasteiger partial charge in [-0.3, -0.25) is 4.79 Å². The van der Waals surface area contributed by atoms with Crippen molar-refractivity contribution in [2.45, 2.75) is 51.0 Å². The quantitative estimate of drug-likeness (QED) is 0.783. The first-order chi connectivity index (χ1) is 9.71. The highest BCUT2D eigenvalue weighted by Gasteiger charge is 2.27. The lowest BCUT2D eigenvalue weighted by molar-refractivity contribution is 0.0634. The molecule has 0 N–H and O–H groups in total. The molecule has 0 aliphatic carbocycles. The molecule has 4 nitrogen and oxygen atoms in total. The molecule has 1 atom stereocenters. The first-order valence-corrected chi connectivity index (χ1v) is 9.39. The van der Waals surface area contributed by atoms with Gasteiger partial charge in [0.05, 0.1) is 4.90 Å². The van der Waals surface area contributed by atoms with Crippen LogP contribution in [-0.4, -0.2) is 31.8 Å². The summed E-state index contributed by atoms with van der Waals surface area (Å²) in [7, 11) is 1.58. The topological polar surface area (TPSA) is 54.5 Å². The molecule has 1 aromatic rings. The Balaban J connectivity index is 2.47. The van der Waals surface area contributed by atoms with E-state index in [0.717, 1.165) is 36.9 Å². The zero-order valence-electron chi connectivity index (χ0n) is 12.5. The smallest absolute Gasteiger partial charge is 0.261 e. The average Bonchev–Trinajstić information content (AvgIpc) is 2.40. The summed E-state index contributed by atoms with van der Waals surface area (Å²) in [6, 6.07) is 3.09. The summed E-state index contributed by atoms with van der Waals surface area (Å²) in [6.45, 7) is 6.37. The van der Waals surface area contributed by atoms with Crippen LogP contribution in [0.2, 0.25) is 0 Å². The Bertz CT molecular complexity index is 670. The SMILES string of the molecule is Cc1cc(S(=O)(=O)Cl)cc(C(=O)N2CCCCC2C)c1C. The molecular weight excluding hydrogens is 310 g/mol. The number of carbonyl (C=O) groups excluding carboxylic acids is 1. The number of piperidine rings is 1. The van der Waals surface area contributed by atoms with Crippen LogP contribution in [0.15, 0.2) is 17.0 Å². The van der Waals surface area contributed by atoms with Gasteiger partial charge in [0.25, 0.3) is 15.0 Å². The Kier molecular flexibility index (Phi) is 4.63. The zero-order chi connectivity index (χ0) is 15.8.